The maximum Gasteiger partial charge on any atom is 0.239 e. The van der Waals surface area contributed by atoms with Crippen molar-refractivity contribution in [2.75, 3.05) is 26.3 Å². The maximum absolute atomic E-state index is 11.9. The lowest BCUT2D eigenvalue weighted by Gasteiger charge is -2.23. The lowest BCUT2D eigenvalue weighted by atomic mass is 10.0. The van der Waals surface area contributed by atoms with Crippen LogP contribution in [-0.2, 0) is 16.0 Å². The molecule has 1 aliphatic rings. The van der Waals surface area contributed by atoms with Crippen LogP contribution < -0.4 is 10.6 Å². The molecule has 1 unspecified atom stereocenters. The second-order valence-electron chi connectivity index (χ2n) is 4.99. The molecule has 0 saturated carbocycles. The Morgan fingerprint density at radius 2 is 2.16 bits per heavy atom. The second-order valence-corrected chi connectivity index (χ2v) is 4.99. The number of hydrogen-bond donors (Lipinski definition) is 2. The van der Waals surface area contributed by atoms with Crippen LogP contribution >= 0.6 is 0 Å². The van der Waals surface area contributed by atoms with Gasteiger partial charge in [0.15, 0.2) is 0 Å². The van der Waals surface area contributed by atoms with E-state index < -0.39 is 0 Å². The molecule has 2 N–H and O–H groups in total. The van der Waals surface area contributed by atoms with Crippen LogP contribution in [0.5, 0.6) is 0 Å². The zero-order valence-corrected chi connectivity index (χ0v) is 11.7. The van der Waals surface area contributed by atoms with Gasteiger partial charge in [0.05, 0.1) is 13.2 Å². The van der Waals surface area contributed by atoms with Gasteiger partial charge in [-0.1, -0.05) is 18.2 Å². The van der Waals surface area contributed by atoms with Crippen LogP contribution in [0.25, 0.3) is 0 Å². The van der Waals surface area contributed by atoms with Gasteiger partial charge in [-0.25, -0.2) is 0 Å². The van der Waals surface area contributed by atoms with Gasteiger partial charge in [-0.2, -0.15) is 0 Å². The van der Waals surface area contributed by atoms with Gasteiger partial charge in [0.25, 0.3) is 0 Å². The SMILES string of the molecule is Cc1cccc(C)c1CCNC(=O)C1COCCN1. The number of rotatable bonds is 4. The third-order valence-electron chi connectivity index (χ3n) is 3.56. The predicted molar refractivity (Wildman–Crippen MR) is 75.2 cm³/mol. The Morgan fingerprint density at radius 3 is 2.79 bits per heavy atom. The molecule has 0 bridgehead atoms. The summed E-state index contributed by atoms with van der Waals surface area (Å²) in [4.78, 5) is 11.9. The molecule has 1 heterocycles. The van der Waals surface area contributed by atoms with Crippen molar-refractivity contribution >= 4 is 5.91 Å². The molecule has 1 saturated heterocycles. The number of amides is 1. The first kappa shape index (κ1) is 14.0. The van der Waals surface area contributed by atoms with Gasteiger partial charge < -0.3 is 15.4 Å². The lowest BCUT2D eigenvalue weighted by molar-refractivity contribution is -0.125. The standard InChI is InChI=1S/C15H22N2O2/c1-11-4-3-5-12(2)13(11)6-7-17-15(18)14-10-19-9-8-16-14/h3-5,14,16H,6-10H2,1-2H3,(H,17,18). The molecule has 0 spiro atoms. The molecule has 1 fully saturated rings. The van der Waals surface area contributed by atoms with Crippen LogP contribution in [0.15, 0.2) is 18.2 Å². The molecule has 19 heavy (non-hydrogen) atoms. The van der Waals surface area contributed by atoms with Crippen molar-refractivity contribution in [1.29, 1.82) is 0 Å². The van der Waals surface area contributed by atoms with Gasteiger partial charge in [-0.15, -0.1) is 0 Å². The van der Waals surface area contributed by atoms with Gasteiger partial charge >= 0.3 is 0 Å². The van der Waals surface area contributed by atoms with Crippen LogP contribution in [-0.4, -0.2) is 38.3 Å². The molecule has 1 aliphatic heterocycles. The summed E-state index contributed by atoms with van der Waals surface area (Å²) < 4.78 is 5.28. The van der Waals surface area contributed by atoms with Gasteiger partial charge in [-0.05, 0) is 37.0 Å². The van der Waals surface area contributed by atoms with Gasteiger partial charge in [0, 0.05) is 13.1 Å². The highest BCUT2D eigenvalue weighted by molar-refractivity contribution is 5.81. The molecule has 4 nitrogen and oxygen atoms in total. The molecule has 1 atom stereocenters. The fourth-order valence-electron chi connectivity index (χ4n) is 2.41. The summed E-state index contributed by atoms with van der Waals surface area (Å²) in [5.74, 6) is 0.0333. The average Bonchev–Trinajstić information content (AvgIpc) is 2.43. The highest BCUT2D eigenvalue weighted by Gasteiger charge is 2.20. The fourth-order valence-corrected chi connectivity index (χ4v) is 2.41. The highest BCUT2D eigenvalue weighted by Crippen LogP contribution is 2.13. The Labute approximate surface area is 114 Å². The largest absolute Gasteiger partial charge is 0.378 e. The van der Waals surface area contributed by atoms with Crippen LogP contribution in [0.2, 0.25) is 0 Å². The molecule has 104 valence electrons. The number of aryl methyl sites for hydroxylation is 2. The van der Waals surface area contributed by atoms with Crippen LogP contribution in [0.4, 0.5) is 0 Å². The summed E-state index contributed by atoms with van der Waals surface area (Å²) >= 11 is 0. The molecule has 4 heteroatoms. The van der Waals surface area contributed by atoms with Crippen LogP contribution in [0, 0.1) is 13.8 Å². The van der Waals surface area contributed by atoms with Crippen LogP contribution in [0.1, 0.15) is 16.7 Å². The summed E-state index contributed by atoms with van der Waals surface area (Å²) in [5.41, 5.74) is 3.90. The lowest BCUT2D eigenvalue weighted by Crippen LogP contribution is -2.51. The quantitative estimate of drug-likeness (QED) is 0.849. The molecule has 1 amide bonds. The Hall–Kier alpha value is -1.39. The fraction of sp³-hybridized carbons (Fsp3) is 0.533. The van der Waals surface area contributed by atoms with Gasteiger partial charge in [0.2, 0.25) is 5.91 Å². The number of hydrogen-bond acceptors (Lipinski definition) is 3. The molecular formula is C15H22N2O2. The number of benzene rings is 1. The van der Waals surface area contributed by atoms with Crippen molar-refractivity contribution in [2.24, 2.45) is 0 Å². The summed E-state index contributed by atoms with van der Waals surface area (Å²) in [5, 5.41) is 6.13. The Balaban J connectivity index is 1.81. The smallest absolute Gasteiger partial charge is 0.239 e. The Kier molecular flexibility index (Phi) is 4.93. The summed E-state index contributed by atoms with van der Waals surface area (Å²) in [7, 11) is 0. The zero-order valence-electron chi connectivity index (χ0n) is 11.7. The molecule has 0 aliphatic carbocycles. The minimum absolute atomic E-state index is 0.0333. The molecular weight excluding hydrogens is 240 g/mol. The molecule has 0 aromatic heterocycles. The molecule has 2 rings (SSSR count). The number of nitrogens with one attached hydrogen (secondary N) is 2. The van der Waals surface area contributed by atoms with E-state index in [1.165, 1.54) is 16.7 Å². The Morgan fingerprint density at radius 1 is 1.42 bits per heavy atom. The van der Waals surface area contributed by atoms with E-state index in [9.17, 15) is 4.79 Å². The summed E-state index contributed by atoms with van der Waals surface area (Å²) in [6, 6.07) is 6.09. The number of carbonyl (C=O) groups excluding carboxylic acids is 1. The van der Waals surface area contributed by atoms with E-state index in [0.717, 1.165) is 13.0 Å². The van der Waals surface area contributed by atoms with E-state index >= 15 is 0 Å². The second kappa shape index (κ2) is 6.68. The molecule has 1 aromatic carbocycles. The predicted octanol–water partition coefficient (Wildman–Crippen LogP) is 0.951. The topological polar surface area (TPSA) is 50.4 Å². The van der Waals surface area contributed by atoms with Gasteiger partial charge in [-0.3, -0.25) is 4.79 Å². The first-order chi connectivity index (χ1) is 9.18. The van der Waals surface area contributed by atoms with Crippen molar-refractivity contribution in [1.82, 2.24) is 10.6 Å². The van der Waals surface area contributed by atoms with Crippen LogP contribution in [0.3, 0.4) is 0 Å². The summed E-state index contributed by atoms with van der Waals surface area (Å²) in [6.07, 6.45) is 0.873. The van der Waals surface area contributed by atoms with E-state index in [2.05, 4.69) is 42.7 Å². The highest BCUT2D eigenvalue weighted by atomic mass is 16.5. The number of carbonyl (C=O) groups is 1. The minimum atomic E-state index is -0.202. The van der Waals surface area contributed by atoms with E-state index in [1.54, 1.807) is 0 Å². The maximum atomic E-state index is 11.9. The van der Waals surface area contributed by atoms with Crippen molar-refractivity contribution < 1.29 is 9.53 Å². The average molecular weight is 262 g/mol. The zero-order chi connectivity index (χ0) is 13.7. The van der Waals surface area contributed by atoms with E-state index in [1.807, 2.05) is 0 Å². The normalized spacial score (nSPS) is 19.2. The Bertz CT molecular complexity index is 420. The first-order valence-electron chi connectivity index (χ1n) is 6.82. The van der Waals surface area contributed by atoms with Gasteiger partial charge in [0.1, 0.15) is 6.04 Å². The van der Waals surface area contributed by atoms with E-state index in [4.69, 9.17) is 4.74 Å². The monoisotopic (exact) mass is 262 g/mol. The summed E-state index contributed by atoms with van der Waals surface area (Å²) in [6.45, 7) is 6.79. The first-order valence-corrected chi connectivity index (χ1v) is 6.82. The van der Waals surface area contributed by atoms with Crippen molar-refractivity contribution in [3.63, 3.8) is 0 Å². The van der Waals surface area contributed by atoms with Crippen molar-refractivity contribution in [2.45, 2.75) is 26.3 Å². The number of ether oxygens (including phenoxy) is 1. The molecule has 1 aromatic rings. The molecule has 0 radical (unpaired) electrons. The van der Waals surface area contributed by atoms with Crippen molar-refractivity contribution in [3.05, 3.63) is 34.9 Å². The van der Waals surface area contributed by atoms with Crippen molar-refractivity contribution in [3.8, 4) is 0 Å². The third kappa shape index (κ3) is 3.78. The van der Waals surface area contributed by atoms with E-state index in [0.29, 0.717) is 19.8 Å². The third-order valence-corrected chi connectivity index (χ3v) is 3.56. The minimum Gasteiger partial charge on any atom is -0.378 e. The van der Waals surface area contributed by atoms with E-state index in [-0.39, 0.29) is 11.9 Å². The number of morpholine rings is 1.